The lowest BCUT2D eigenvalue weighted by molar-refractivity contribution is -0.152. The number of aryl methyl sites for hydroxylation is 1. The van der Waals surface area contributed by atoms with Crippen LogP contribution in [0.15, 0.2) is 73.2 Å². The van der Waals surface area contributed by atoms with Crippen molar-refractivity contribution in [2.75, 3.05) is 25.6 Å². The molecule has 0 bridgehead atoms. The molecular formula is C33H44N6O6. The molecule has 1 saturated heterocycles. The largest absolute Gasteiger partial charge is 0.467 e. The number of anilines is 1. The zero-order valence-corrected chi connectivity index (χ0v) is 26.1. The van der Waals surface area contributed by atoms with Crippen molar-refractivity contribution in [2.24, 2.45) is 5.73 Å². The number of hydrogen-bond acceptors (Lipinski definition) is 9. The first-order valence-corrected chi connectivity index (χ1v) is 15.2. The third-order valence-corrected chi connectivity index (χ3v) is 7.83. The van der Waals surface area contributed by atoms with Crippen LogP contribution in [0.2, 0.25) is 0 Å². The van der Waals surface area contributed by atoms with Crippen LogP contribution in [0.25, 0.3) is 0 Å². The Morgan fingerprint density at radius 3 is 2.40 bits per heavy atom. The number of nitrogens with one attached hydrogen (secondary N) is 2. The molecule has 0 radical (unpaired) electrons. The number of imidazole rings is 1. The number of ether oxygens (including phenoxy) is 2. The lowest BCUT2D eigenvalue weighted by Crippen LogP contribution is -2.59. The van der Waals surface area contributed by atoms with Gasteiger partial charge in [-0.1, -0.05) is 60.7 Å². The second kappa shape index (κ2) is 15.8. The van der Waals surface area contributed by atoms with E-state index in [0.717, 1.165) is 11.1 Å². The minimum Gasteiger partial charge on any atom is -0.467 e. The van der Waals surface area contributed by atoms with E-state index in [1.807, 2.05) is 60.7 Å². The SMILES string of the molecule is COC(=O)[C@@H]1CCCN1C(=O)C(CCc1ccccc1)n1cnc(NC(=O)[C@@H](COCc2ccccc2)N[C@H](O)C(C)(C)N)c1. The molecule has 0 saturated carbocycles. The molecule has 0 aliphatic carbocycles. The van der Waals surface area contributed by atoms with Gasteiger partial charge in [-0.15, -0.1) is 0 Å². The van der Waals surface area contributed by atoms with E-state index in [1.165, 1.54) is 13.4 Å². The number of benzene rings is 2. The Bertz CT molecular complexity index is 1390. The standard InChI is InChI=1S/C33H44N6O6/c1-33(2,34)32(43)36-25(21-45-20-24-13-8-5-9-14-24)29(40)37-28-19-38(22-35-28)26(17-16-23-11-6-4-7-12-23)30(41)39-18-10-15-27(39)31(42)44-3/h4-9,11-14,19,22,25-27,32,36,43H,10,15-18,20-21,34H2,1-3H3,(H,37,40)/t25-,26?,27+,32-/m1/s1. The number of nitrogens with two attached hydrogens (primary N) is 1. The van der Waals surface area contributed by atoms with Gasteiger partial charge in [0.25, 0.3) is 0 Å². The van der Waals surface area contributed by atoms with Crippen LogP contribution in [-0.2, 0) is 36.9 Å². The van der Waals surface area contributed by atoms with Crippen molar-refractivity contribution in [2.45, 2.75) is 76.0 Å². The fourth-order valence-electron chi connectivity index (χ4n) is 5.21. The van der Waals surface area contributed by atoms with Crippen LogP contribution in [0, 0.1) is 0 Å². The van der Waals surface area contributed by atoms with Crippen LogP contribution >= 0.6 is 0 Å². The summed E-state index contributed by atoms with van der Waals surface area (Å²) in [5.41, 5.74) is 7.04. The van der Waals surface area contributed by atoms with Crippen molar-refractivity contribution < 1.29 is 29.0 Å². The minimum atomic E-state index is -1.20. The monoisotopic (exact) mass is 620 g/mol. The number of carbonyl (C=O) groups excluding carboxylic acids is 3. The van der Waals surface area contributed by atoms with Crippen LogP contribution in [-0.4, -0.2) is 81.5 Å². The van der Waals surface area contributed by atoms with Crippen molar-refractivity contribution in [1.29, 1.82) is 0 Å². The molecule has 1 fully saturated rings. The molecule has 1 aliphatic heterocycles. The van der Waals surface area contributed by atoms with Gasteiger partial charge >= 0.3 is 5.97 Å². The number of esters is 1. The maximum absolute atomic E-state index is 13.9. The van der Waals surface area contributed by atoms with Gasteiger partial charge in [0.1, 0.15) is 24.4 Å². The first-order valence-electron chi connectivity index (χ1n) is 15.2. The number of aliphatic hydroxyl groups excluding tert-OH is 1. The quantitative estimate of drug-likeness (QED) is 0.148. The van der Waals surface area contributed by atoms with Crippen LogP contribution in [0.5, 0.6) is 0 Å². The van der Waals surface area contributed by atoms with E-state index in [4.69, 9.17) is 15.2 Å². The highest BCUT2D eigenvalue weighted by atomic mass is 16.5. The van der Waals surface area contributed by atoms with Crippen molar-refractivity contribution in [3.8, 4) is 0 Å². The average Bonchev–Trinajstić information content (AvgIpc) is 3.71. The molecular weight excluding hydrogens is 576 g/mol. The average molecular weight is 621 g/mol. The Hall–Kier alpha value is -4.10. The van der Waals surface area contributed by atoms with E-state index in [-0.39, 0.29) is 24.9 Å². The topological polar surface area (TPSA) is 161 Å². The second-order valence-electron chi connectivity index (χ2n) is 11.9. The summed E-state index contributed by atoms with van der Waals surface area (Å²) < 4.78 is 12.4. The molecule has 45 heavy (non-hydrogen) atoms. The number of nitrogens with zero attached hydrogens (tertiary/aromatic N) is 3. The van der Waals surface area contributed by atoms with Gasteiger partial charge in [-0.25, -0.2) is 9.78 Å². The normalized spacial score (nSPS) is 17.0. The summed E-state index contributed by atoms with van der Waals surface area (Å²) in [5.74, 6) is -0.915. The first kappa shape index (κ1) is 33.8. The number of rotatable bonds is 15. The third kappa shape index (κ3) is 9.44. The van der Waals surface area contributed by atoms with Gasteiger partial charge in [-0.2, -0.15) is 0 Å². The van der Waals surface area contributed by atoms with Gasteiger partial charge < -0.3 is 35.1 Å². The zero-order chi connectivity index (χ0) is 32.4. The number of likely N-dealkylation sites (tertiary alicyclic amines) is 1. The Balaban J connectivity index is 1.50. The molecule has 1 aromatic heterocycles. The number of amides is 2. The fourth-order valence-corrected chi connectivity index (χ4v) is 5.21. The Kier molecular flexibility index (Phi) is 11.8. The van der Waals surface area contributed by atoms with Crippen LogP contribution in [0.3, 0.4) is 0 Å². The molecule has 4 rings (SSSR count). The van der Waals surface area contributed by atoms with E-state index < -0.39 is 41.8 Å². The summed E-state index contributed by atoms with van der Waals surface area (Å²) in [7, 11) is 1.32. The number of carbonyl (C=O) groups is 3. The molecule has 2 amide bonds. The molecule has 12 nitrogen and oxygen atoms in total. The number of aromatic nitrogens is 2. The minimum absolute atomic E-state index is 0.0450. The molecule has 1 aliphatic rings. The summed E-state index contributed by atoms with van der Waals surface area (Å²) in [5, 5.41) is 16.2. The van der Waals surface area contributed by atoms with Gasteiger partial charge in [-0.3, -0.25) is 14.9 Å². The van der Waals surface area contributed by atoms with Crippen LogP contribution < -0.4 is 16.4 Å². The first-order chi connectivity index (χ1) is 21.6. The molecule has 5 N–H and O–H groups in total. The maximum atomic E-state index is 13.9. The van der Waals surface area contributed by atoms with Gasteiger partial charge in [0.15, 0.2) is 5.82 Å². The summed E-state index contributed by atoms with van der Waals surface area (Å²) in [6.45, 7) is 3.97. The van der Waals surface area contributed by atoms with Crippen molar-refractivity contribution in [1.82, 2.24) is 19.8 Å². The molecule has 4 atom stereocenters. The molecule has 2 heterocycles. The Morgan fingerprint density at radius 2 is 1.76 bits per heavy atom. The molecule has 12 heteroatoms. The van der Waals surface area contributed by atoms with Gasteiger partial charge in [0.05, 0.1) is 26.7 Å². The van der Waals surface area contributed by atoms with E-state index in [9.17, 15) is 19.5 Å². The third-order valence-electron chi connectivity index (χ3n) is 7.83. The molecule has 242 valence electrons. The molecule has 0 spiro atoms. The van der Waals surface area contributed by atoms with Crippen molar-refractivity contribution in [3.05, 3.63) is 84.3 Å². The highest BCUT2D eigenvalue weighted by Gasteiger charge is 2.38. The predicted molar refractivity (Wildman–Crippen MR) is 169 cm³/mol. The number of hydrogen-bond donors (Lipinski definition) is 4. The van der Waals surface area contributed by atoms with Crippen LogP contribution in [0.4, 0.5) is 5.82 Å². The van der Waals surface area contributed by atoms with Gasteiger partial charge in [-0.05, 0) is 50.7 Å². The van der Waals surface area contributed by atoms with Gasteiger partial charge in [0.2, 0.25) is 11.8 Å². The van der Waals surface area contributed by atoms with E-state index in [2.05, 4.69) is 15.6 Å². The molecule has 3 aromatic rings. The summed E-state index contributed by atoms with van der Waals surface area (Å²) in [6.07, 6.45) is 4.21. The smallest absolute Gasteiger partial charge is 0.328 e. The van der Waals surface area contributed by atoms with Crippen LogP contribution in [0.1, 0.15) is 50.3 Å². The summed E-state index contributed by atoms with van der Waals surface area (Å²) >= 11 is 0. The predicted octanol–water partition coefficient (Wildman–Crippen LogP) is 2.39. The summed E-state index contributed by atoms with van der Waals surface area (Å²) in [4.78, 5) is 45.7. The number of aliphatic hydroxyl groups is 1. The lowest BCUT2D eigenvalue weighted by Gasteiger charge is -2.30. The Labute approximate surface area is 263 Å². The van der Waals surface area contributed by atoms with Gasteiger partial charge in [0, 0.05) is 18.3 Å². The van der Waals surface area contributed by atoms with E-state index in [1.54, 1.807) is 29.5 Å². The lowest BCUT2D eigenvalue weighted by atomic mass is 10.0. The van der Waals surface area contributed by atoms with E-state index in [0.29, 0.717) is 32.2 Å². The summed E-state index contributed by atoms with van der Waals surface area (Å²) in [6, 6.07) is 17.1. The maximum Gasteiger partial charge on any atom is 0.328 e. The van der Waals surface area contributed by atoms with E-state index >= 15 is 0 Å². The second-order valence-corrected chi connectivity index (χ2v) is 11.9. The van der Waals surface area contributed by atoms with Crippen molar-refractivity contribution in [3.63, 3.8) is 0 Å². The zero-order valence-electron chi connectivity index (χ0n) is 26.1. The molecule has 2 aromatic carbocycles. The highest BCUT2D eigenvalue weighted by molar-refractivity contribution is 5.94. The Morgan fingerprint density at radius 1 is 1.09 bits per heavy atom. The number of methoxy groups -OCH3 is 1. The fraction of sp³-hybridized carbons (Fsp3) is 0.455. The molecule has 1 unspecified atom stereocenters. The highest BCUT2D eigenvalue weighted by Crippen LogP contribution is 2.26. The van der Waals surface area contributed by atoms with Crippen molar-refractivity contribution >= 4 is 23.6 Å².